The summed E-state index contributed by atoms with van der Waals surface area (Å²) in [6.45, 7) is 27.9. The van der Waals surface area contributed by atoms with E-state index >= 15 is 0 Å². The van der Waals surface area contributed by atoms with Crippen LogP contribution in [0.4, 0.5) is 0 Å². The Hall–Kier alpha value is -4.68. The van der Waals surface area contributed by atoms with Crippen LogP contribution in [-0.2, 0) is 21.7 Å². The SMILES string of the molecule is Cc1cc2c(cc1-c1cc3c(cc1C)-c1ccc(-c4ccc(C(C)(C)C)cc4)cc1C3(C)C)C(C)(C)c1cc(-c3ccc(C(C)(C)C)cc3)ccc1-2. The van der Waals surface area contributed by atoms with E-state index in [-0.39, 0.29) is 21.7 Å². The molecule has 0 N–H and O–H groups in total. The summed E-state index contributed by atoms with van der Waals surface area (Å²) >= 11 is 0. The molecule has 0 aromatic heterocycles. The topological polar surface area (TPSA) is 0 Å². The second-order valence-electron chi connectivity index (χ2n) is 18.9. The Bertz CT molecular complexity index is 2220. The third-order valence-electron chi connectivity index (χ3n) is 12.5. The van der Waals surface area contributed by atoms with E-state index in [1.54, 1.807) is 0 Å². The quantitative estimate of drug-likeness (QED) is 0.175. The first-order valence-electron chi connectivity index (χ1n) is 19.2. The molecule has 0 aliphatic heterocycles. The molecule has 0 amide bonds. The second kappa shape index (κ2) is 11.4. The van der Waals surface area contributed by atoms with Gasteiger partial charge in [-0.15, -0.1) is 0 Å². The first-order valence-corrected chi connectivity index (χ1v) is 19.2. The fraction of sp³-hybridized carbons (Fsp3) is 0.308. The van der Waals surface area contributed by atoms with Crippen LogP contribution in [0.2, 0.25) is 0 Å². The van der Waals surface area contributed by atoms with Crippen LogP contribution in [-0.4, -0.2) is 0 Å². The maximum absolute atomic E-state index is 2.52. The maximum Gasteiger partial charge on any atom is 0.0159 e. The minimum Gasteiger partial charge on any atom is -0.0579 e. The van der Waals surface area contributed by atoms with Crippen LogP contribution in [0, 0.1) is 13.8 Å². The van der Waals surface area contributed by atoms with Crippen molar-refractivity contribution in [1.82, 2.24) is 0 Å². The Labute approximate surface area is 313 Å². The molecule has 0 heteroatoms. The van der Waals surface area contributed by atoms with Gasteiger partial charge in [0.25, 0.3) is 0 Å². The highest BCUT2D eigenvalue weighted by Gasteiger charge is 2.38. The molecule has 0 bridgehead atoms. The van der Waals surface area contributed by atoms with E-state index < -0.39 is 0 Å². The fourth-order valence-electron chi connectivity index (χ4n) is 9.04. The number of fused-ring (bicyclic) bond motifs is 6. The van der Waals surface area contributed by atoms with Gasteiger partial charge in [-0.05, 0) is 149 Å². The summed E-state index contributed by atoms with van der Waals surface area (Å²) in [4.78, 5) is 0. The van der Waals surface area contributed by atoms with Gasteiger partial charge < -0.3 is 0 Å². The van der Waals surface area contributed by atoms with Crippen LogP contribution < -0.4 is 0 Å². The number of hydrogen-bond acceptors (Lipinski definition) is 0. The molecule has 0 atom stereocenters. The minimum atomic E-state index is -0.101. The first-order chi connectivity index (χ1) is 24.4. The largest absolute Gasteiger partial charge is 0.0579 e. The normalized spacial score (nSPS) is 15.2. The average Bonchev–Trinajstić information content (AvgIpc) is 3.44. The monoisotopic (exact) mass is 678 g/mol. The molecule has 2 aliphatic rings. The van der Waals surface area contributed by atoms with Crippen molar-refractivity contribution in [1.29, 1.82) is 0 Å². The zero-order valence-electron chi connectivity index (χ0n) is 33.4. The predicted octanol–water partition coefficient (Wildman–Crippen LogP) is 14.5. The van der Waals surface area contributed by atoms with E-state index in [0.29, 0.717) is 0 Å². The molecule has 6 aromatic carbocycles. The molecule has 0 heterocycles. The molecule has 0 unspecified atom stereocenters. The van der Waals surface area contributed by atoms with Crippen molar-refractivity contribution in [3.05, 3.63) is 154 Å². The summed E-state index contributed by atoms with van der Waals surface area (Å²) in [5.74, 6) is 0. The summed E-state index contributed by atoms with van der Waals surface area (Å²) in [5.41, 5.74) is 24.5. The highest BCUT2D eigenvalue weighted by Crippen LogP contribution is 2.54. The Morgan fingerprint density at radius 2 is 0.635 bits per heavy atom. The summed E-state index contributed by atoms with van der Waals surface area (Å²) in [6, 6.07) is 42.6. The lowest BCUT2D eigenvalue weighted by atomic mass is 9.78. The van der Waals surface area contributed by atoms with Crippen LogP contribution in [0.25, 0.3) is 55.6 Å². The van der Waals surface area contributed by atoms with Crippen molar-refractivity contribution in [2.45, 2.75) is 105 Å². The molecule has 0 nitrogen and oxygen atoms in total. The van der Waals surface area contributed by atoms with Crippen molar-refractivity contribution in [3.8, 4) is 55.6 Å². The number of hydrogen-bond donors (Lipinski definition) is 0. The first kappa shape index (κ1) is 34.4. The molecule has 2 aliphatic carbocycles. The zero-order valence-corrected chi connectivity index (χ0v) is 33.4. The number of benzene rings is 6. The number of rotatable bonds is 3. The summed E-state index contributed by atoms with van der Waals surface area (Å²) < 4.78 is 0. The molecule has 0 radical (unpaired) electrons. The molecule has 262 valence electrons. The van der Waals surface area contributed by atoms with Gasteiger partial charge in [0.2, 0.25) is 0 Å². The Morgan fingerprint density at radius 3 is 0.962 bits per heavy atom. The van der Waals surface area contributed by atoms with Gasteiger partial charge in [-0.1, -0.05) is 154 Å². The standard InChI is InChI=1S/C52H54/c1-31-25-43-39-23-17-35(33-13-19-37(20-14-33)49(3,4)5)27-45(39)51(9,10)47(43)29-41(31)42-30-48-44(26-32(42)2)40-24-18-36(28-46(40)52(48,11)12)34-15-21-38(22-16-34)50(6,7)8/h13-30H,1-12H3. The molecule has 0 spiro atoms. The van der Waals surface area contributed by atoms with Crippen LogP contribution in [0.1, 0.15) is 114 Å². The highest BCUT2D eigenvalue weighted by molar-refractivity contribution is 5.90. The second-order valence-corrected chi connectivity index (χ2v) is 18.9. The van der Waals surface area contributed by atoms with Gasteiger partial charge in [0.05, 0.1) is 0 Å². The zero-order chi connectivity index (χ0) is 37.1. The predicted molar refractivity (Wildman–Crippen MR) is 225 cm³/mol. The van der Waals surface area contributed by atoms with E-state index in [1.807, 2.05) is 0 Å². The van der Waals surface area contributed by atoms with Crippen molar-refractivity contribution in [2.75, 3.05) is 0 Å². The Kier molecular flexibility index (Phi) is 7.55. The maximum atomic E-state index is 2.52. The average molecular weight is 679 g/mol. The van der Waals surface area contributed by atoms with Crippen molar-refractivity contribution in [2.24, 2.45) is 0 Å². The molecule has 52 heavy (non-hydrogen) atoms. The van der Waals surface area contributed by atoms with Gasteiger partial charge in [0.15, 0.2) is 0 Å². The van der Waals surface area contributed by atoms with E-state index in [1.165, 1.54) is 100 Å². The van der Waals surface area contributed by atoms with Gasteiger partial charge in [-0.3, -0.25) is 0 Å². The van der Waals surface area contributed by atoms with Crippen molar-refractivity contribution in [3.63, 3.8) is 0 Å². The molecular formula is C52H54. The lowest BCUT2D eigenvalue weighted by Crippen LogP contribution is -2.16. The highest BCUT2D eigenvalue weighted by atomic mass is 14.4. The lowest BCUT2D eigenvalue weighted by Gasteiger charge is -2.25. The summed E-state index contributed by atoms with van der Waals surface area (Å²) in [5, 5.41) is 0. The van der Waals surface area contributed by atoms with Gasteiger partial charge in [0.1, 0.15) is 0 Å². The Morgan fingerprint density at radius 1 is 0.327 bits per heavy atom. The molecule has 0 fully saturated rings. The lowest BCUT2D eigenvalue weighted by molar-refractivity contribution is 0.590. The van der Waals surface area contributed by atoms with Crippen LogP contribution in [0.3, 0.4) is 0 Å². The Balaban J connectivity index is 1.16. The fourth-order valence-corrected chi connectivity index (χ4v) is 9.04. The van der Waals surface area contributed by atoms with Crippen molar-refractivity contribution < 1.29 is 0 Å². The molecule has 6 aromatic rings. The van der Waals surface area contributed by atoms with E-state index in [4.69, 9.17) is 0 Å². The van der Waals surface area contributed by atoms with Crippen LogP contribution in [0.5, 0.6) is 0 Å². The van der Waals surface area contributed by atoms with E-state index in [9.17, 15) is 0 Å². The van der Waals surface area contributed by atoms with Crippen LogP contribution >= 0.6 is 0 Å². The van der Waals surface area contributed by atoms with Gasteiger partial charge in [0, 0.05) is 10.8 Å². The molecule has 8 rings (SSSR count). The summed E-state index contributed by atoms with van der Waals surface area (Å²) in [7, 11) is 0. The third kappa shape index (κ3) is 5.32. The third-order valence-corrected chi connectivity index (χ3v) is 12.5. The molecular weight excluding hydrogens is 625 g/mol. The number of aryl methyl sites for hydroxylation is 2. The van der Waals surface area contributed by atoms with E-state index in [2.05, 4.69) is 192 Å². The van der Waals surface area contributed by atoms with Gasteiger partial charge >= 0.3 is 0 Å². The molecule has 0 saturated heterocycles. The molecule has 0 saturated carbocycles. The minimum absolute atomic E-state index is 0.101. The smallest absolute Gasteiger partial charge is 0.0159 e. The summed E-state index contributed by atoms with van der Waals surface area (Å²) in [6.07, 6.45) is 0. The van der Waals surface area contributed by atoms with Crippen LogP contribution in [0.15, 0.2) is 109 Å². The van der Waals surface area contributed by atoms with Gasteiger partial charge in [-0.2, -0.15) is 0 Å². The van der Waals surface area contributed by atoms with Gasteiger partial charge in [-0.25, -0.2) is 0 Å². The van der Waals surface area contributed by atoms with E-state index in [0.717, 1.165) is 0 Å². The van der Waals surface area contributed by atoms with Crippen molar-refractivity contribution >= 4 is 0 Å².